The number of hydrogen-bond acceptors (Lipinski definition) is 3. The first-order valence-corrected chi connectivity index (χ1v) is 8.50. The first-order chi connectivity index (χ1) is 8.41. The van der Waals surface area contributed by atoms with Crippen LogP contribution >= 0.6 is 11.6 Å². The van der Waals surface area contributed by atoms with Gasteiger partial charge in [-0.05, 0) is 30.5 Å². The maximum atomic E-state index is 11.2. The van der Waals surface area contributed by atoms with E-state index in [1.54, 1.807) is 0 Å². The summed E-state index contributed by atoms with van der Waals surface area (Å²) >= 11 is 5.89. The number of sulfone groups is 1. The molecule has 0 radical (unpaired) electrons. The van der Waals surface area contributed by atoms with Crippen LogP contribution in [0.3, 0.4) is 0 Å². The molecule has 3 nitrogen and oxygen atoms in total. The van der Waals surface area contributed by atoms with Crippen LogP contribution in [0.1, 0.15) is 18.4 Å². The predicted molar refractivity (Wildman–Crippen MR) is 74.9 cm³/mol. The Labute approximate surface area is 113 Å². The van der Waals surface area contributed by atoms with Gasteiger partial charge in [-0.2, -0.15) is 0 Å². The van der Waals surface area contributed by atoms with Crippen LogP contribution in [0.4, 0.5) is 0 Å². The first kappa shape index (κ1) is 13.8. The van der Waals surface area contributed by atoms with Crippen LogP contribution < -0.4 is 5.32 Å². The zero-order valence-corrected chi connectivity index (χ0v) is 12.0. The summed E-state index contributed by atoms with van der Waals surface area (Å²) in [6.45, 7) is 1.83. The van der Waals surface area contributed by atoms with E-state index in [-0.39, 0.29) is 11.2 Å². The van der Waals surface area contributed by atoms with Gasteiger partial charge in [-0.15, -0.1) is 0 Å². The summed E-state index contributed by atoms with van der Waals surface area (Å²) in [5.41, 5.74) is 1.34. The first-order valence-electron chi connectivity index (χ1n) is 6.06. The largest absolute Gasteiger partial charge is 0.315 e. The summed E-state index contributed by atoms with van der Waals surface area (Å²) in [5.74, 6) is 0.266. The molecule has 1 N–H and O–H groups in total. The fraction of sp³-hybridized carbons (Fsp3) is 0.538. The highest BCUT2D eigenvalue weighted by atomic mass is 35.5. The van der Waals surface area contributed by atoms with E-state index in [0.29, 0.717) is 6.42 Å². The average molecular weight is 288 g/mol. The second-order valence-corrected chi connectivity index (χ2v) is 7.82. The van der Waals surface area contributed by atoms with Crippen molar-refractivity contribution in [1.82, 2.24) is 5.32 Å². The van der Waals surface area contributed by atoms with Crippen LogP contribution in [0.15, 0.2) is 24.3 Å². The summed E-state index contributed by atoms with van der Waals surface area (Å²) < 4.78 is 22.3. The van der Waals surface area contributed by atoms with Crippen LogP contribution in [0.25, 0.3) is 0 Å². The normalized spacial score (nSPS) is 18.3. The van der Waals surface area contributed by atoms with Crippen molar-refractivity contribution in [3.05, 3.63) is 34.9 Å². The zero-order valence-electron chi connectivity index (χ0n) is 10.4. The van der Waals surface area contributed by atoms with Gasteiger partial charge in [-0.25, -0.2) is 8.42 Å². The van der Waals surface area contributed by atoms with Gasteiger partial charge < -0.3 is 5.32 Å². The minimum atomic E-state index is -2.86. The van der Waals surface area contributed by atoms with Crippen molar-refractivity contribution in [2.75, 3.05) is 25.1 Å². The van der Waals surface area contributed by atoms with E-state index in [1.807, 2.05) is 24.3 Å². The molecule has 0 spiro atoms. The van der Waals surface area contributed by atoms with Crippen molar-refractivity contribution in [3.63, 3.8) is 0 Å². The third kappa shape index (κ3) is 3.25. The van der Waals surface area contributed by atoms with Crippen molar-refractivity contribution in [3.8, 4) is 0 Å². The minimum absolute atomic E-state index is 0.0925. The number of nitrogens with one attached hydrogen (secondary N) is 1. The summed E-state index contributed by atoms with van der Waals surface area (Å²) in [4.78, 5) is 0. The van der Waals surface area contributed by atoms with Crippen molar-refractivity contribution in [2.24, 2.45) is 0 Å². The van der Waals surface area contributed by atoms with Gasteiger partial charge in [0.2, 0.25) is 0 Å². The standard InChI is InChI=1S/C13H18ClNO2S/c1-18(16,17)8-2-7-13(9-15-10-13)11-3-5-12(14)6-4-11/h3-6,15H,2,7-10H2,1H3. The van der Waals surface area contributed by atoms with Gasteiger partial charge in [0.05, 0.1) is 0 Å². The molecule has 0 aliphatic carbocycles. The Morgan fingerprint density at radius 1 is 1.28 bits per heavy atom. The van der Waals surface area contributed by atoms with Gasteiger partial charge in [0.15, 0.2) is 0 Å². The molecule has 1 aliphatic heterocycles. The highest BCUT2D eigenvalue weighted by Gasteiger charge is 2.38. The number of benzene rings is 1. The van der Waals surface area contributed by atoms with Crippen molar-refractivity contribution in [1.29, 1.82) is 0 Å². The third-order valence-corrected chi connectivity index (χ3v) is 4.84. The topological polar surface area (TPSA) is 46.2 Å². The van der Waals surface area contributed by atoms with Crippen molar-refractivity contribution in [2.45, 2.75) is 18.3 Å². The lowest BCUT2D eigenvalue weighted by Crippen LogP contribution is -2.56. The van der Waals surface area contributed by atoms with Gasteiger partial charge in [0, 0.05) is 35.5 Å². The SMILES string of the molecule is CS(=O)(=O)CCCC1(c2ccc(Cl)cc2)CNC1. The van der Waals surface area contributed by atoms with Crippen LogP contribution in [0.2, 0.25) is 5.02 Å². The van der Waals surface area contributed by atoms with Crippen LogP contribution in [0, 0.1) is 0 Å². The van der Waals surface area contributed by atoms with E-state index >= 15 is 0 Å². The Morgan fingerprint density at radius 2 is 1.89 bits per heavy atom. The van der Waals surface area contributed by atoms with E-state index in [1.165, 1.54) is 11.8 Å². The van der Waals surface area contributed by atoms with Gasteiger partial charge in [-0.3, -0.25) is 0 Å². The molecule has 2 rings (SSSR count). The molecule has 100 valence electrons. The maximum Gasteiger partial charge on any atom is 0.147 e. The van der Waals surface area contributed by atoms with E-state index in [4.69, 9.17) is 11.6 Å². The zero-order chi connectivity index (χ0) is 13.2. The third-order valence-electron chi connectivity index (χ3n) is 3.55. The molecular formula is C13H18ClNO2S. The Hall–Kier alpha value is -0.580. The molecule has 1 fully saturated rings. The van der Waals surface area contributed by atoms with Gasteiger partial charge in [0.25, 0.3) is 0 Å². The van der Waals surface area contributed by atoms with E-state index in [0.717, 1.165) is 24.5 Å². The molecule has 0 bridgehead atoms. The van der Waals surface area contributed by atoms with Gasteiger partial charge in [0.1, 0.15) is 9.84 Å². The van der Waals surface area contributed by atoms with Crippen LogP contribution in [0.5, 0.6) is 0 Å². The quantitative estimate of drug-likeness (QED) is 0.901. The molecule has 1 heterocycles. The van der Waals surface area contributed by atoms with E-state index < -0.39 is 9.84 Å². The molecule has 0 atom stereocenters. The lowest BCUT2D eigenvalue weighted by atomic mass is 9.72. The smallest absolute Gasteiger partial charge is 0.147 e. The Morgan fingerprint density at radius 3 is 2.33 bits per heavy atom. The van der Waals surface area contributed by atoms with Crippen LogP contribution in [-0.4, -0.2) is 33.5 Å². The monoisotopic (exact) mass is 287 g/mol. The molecule has 18 heavy (non-hydrogen) atoms. The maximum absolute atomic E-state index is 11.2. The second kappa shape index (κ2) is 5.19. The molecule has 5 heteroatoms. The summed E-state index contributed by atoms with van der Waals surface area (Å²) in [6, 6.07) is 7.88. The highest BCUT2D eigenvalue weighted by molar-refractivity contribution is 7.90. The Balaban J connectivity index is 2.04. The predicted octanol–water partition coefficient (Wildman–Crippen LogP) is 2.01. The fourth-order valence-corrected chi connectivity index (χ4v) is 3.22. The molecule has 1 aromatic carbocycles. The number of hydrogen-bond donors (Lipinski definition) is 1. The summed E-state index contributed by atoms with van der Waals surface area (Å²) in [6.07, 6.45) is 2.90. The minimum Gasteiger partial charge on any atom is -0.315 e. The molecule has 1 aliphatic rings. The Kier molecular flexibility index (Phi) is 3.99. The van der Waals surface area contributed by atoms with Crippen LogP contribution in [-0.2, 0) is 15.3 Å². The molecule has 0 amide bonds. The fourth-order valence-electron chi connectivity index (χ4n) is 2.43. The molecule has 1 saturated heterocycles. The molecule has 1 aromatic rings. The van der Waals surface area contributed by atoms with Crippen molar-refractivity contribution < 1.29 is 8.42 Å². The number of rotatable bonds is 5. The average Bonchev–Trinajstić information content (AvgIpc) is 2.22. The number of halogens is 1. The lowest BCUT2D eigenvalue weighted by molar-refractivity contribution is 0.256. The van der Waals surface area contributed by atoms with E-state index in [2.05, 4.69) is 5.32 Å². The second-order valence-electron chi connectivity index (χ2n) is 5.12. The molecule has 0 aromatic heterocycles. The van der Waals surface area contributed by atoms with Gasteiger partial charge >= 0.3 is 0 Å². The van der Waals surface area contributed by atoms with Crippen molar-refractivity contribution >= 4 is 21.4 Å². The van der Waals surface area contributed by atoms with Gasteiger partial charge in [-0.1, -0.05) is 23.7 Å². The van der Waals surface area contributed by atoms with E-state index in [9.17, 15) is 8.42 Å². The lowest BCUT2D eigenvalue weighted by Gasteiger charge is -2.43. The summed E-state index contributed by atoms with van der Waals surface area (Å²) in [7, 11) is -2.86. The highest BCUT2D eigenvalue weighted by Crippen LogP contribution is 2.34. The molecule has 0 saturated carbocycles. The Bertz CT molecular complexity index is 506. The molecular weight excluding hydrogens is 270 g/mol. The summed E-state index contributed by atoms with van der Waals surface area (Å²) in [5, 5.41) is 4.01. The molecule has 0 unspecified atom stereocenters.